The average Bonchev–Trinajstić information content (AvgIpc) is 2.82. The van der Waals surface area contributed by atoms with E-state index in [0.29, 0.717) is 16.9 Å². The van der Waals surface area contributed by atoms with Gasteiger partial charge in [-0.15, -0.1) is 11.3 Å². The van der Waals surface area contributed by atoms with Crippen LogP contribution in [0, 0.1) is 0 Å². The number of fused-ring (bicyclic) bond motifs is 1. The molecule has 1 heterocycles. The van der Waals surface area contributed by atoms with E-state index < -0.39 is 0 Å². The van der Waals surface area contributed by atoms with Crippen molar-refractivity contribution in [1.29, 1.82) is 0 Å². The Kier molecular flexibility index (Phi) is 2.93. The lowest BCUT2D eigenvalue weighted by Crippen LogP contribution is -2.11. The van der Waals surface area contributed by atoms with Crippen LogP contribution in [0.25, 0.3) is 10.1 Å². The van der Waals surface area contributed by atoms with Crippen molar-refractivity contribution in [2.24, 2.45) is 0 Å². The highest BCUT2D eigenvalue weighted by Gasteiger charge is 2.11. The molecular formula is C15H12N2OS. The number of nitrogens with one attached hydrogen (secondary N) is 1. The Morgan fingerprint density at radius 2 is 1.95 bits per heavy atom. The number of benzene rings is 2. The molecule has 2 aromatic carbocycles. The quantitative estimate of drug-likeness (QED) is 0.696. The number of nitrogens with two attached hydrogens (primary N) is 1. The summed E-state index contributed by atoms with van der Waals surface area (Å²) in [7, 11) is 0. The van der Waals surface area contributed by atoms with Crippen LogP contribution in [-0.4, -0.2) is 5.91 Å². The van der Waals surface area contributed by atoms with Gasteiger partial charge in [-0.3, -0.25) is 4.79 Å². The van der Waals surface area contributed by atoms with Crippen LogP contribution in [0.4, 0.5) is 11.4 Å². The van der Waals surface area contributed by atoms with E-state index in [0.717, 1.165) is 10.1 Å². The minimum atomic E-state index is -0.108. The van der Waals surface area contributed by atoms with E-state index in [4.69, 9.17) is 5.73 Å². The Morgan fingerprint density at radius 3 is 2.79 bits per heavy atom. The van der Waals surface area contributed by atoms with E-state index in [9.17, 15) is 4.79 Å². The maximum atomic E-state index is 12.3. The molecule has 0 aliphatic carbocycles. The summed E-state index contributed by atoms with van der Waals surface area (Å²) in [4.78, 5) is 12.3. The van der Waals surface area contributed by atoms with E-state index >= 15 is 0 Å². The molecule has 1 amide bonds. The van der Waals surface area contributed by atoms with Crippen LogP contribution in [0.15, 0.2) is 53.9 Å². The van der Waals surface area contributed by atoms with Gasteiger partial charge >= 0.3 is 0 Å². The van der Waals surface area contributed by atoms with E-state index in [1.54, 1.807) is 23.5 Å². The number of nitrogen functional groups attached to an aromatic ring is 1. The van der Waals surface area contributed by atoms with Gasteiger partial charge in [0.2, 0.25) is 0 Å². The third kappa shape index (κ3) is 2.30. The van der Waals surface area contributed by atoms with E-state index in [2.05, 4.69) is 5.32 Å². The van der Waals surface area contributed by atoms with Gasteiger partial charge in [0.05, 0.1) is 5.56 Å². The molecule has 0 fully saturated rings. The van der Waals surface area contributed by atoms with Crippen molar-refractivity contribution in [3.8, 4) is 0 Å². The normalized spacial score (nSPS) is 10.5. The number of carbonyl (C=O) groups is 1. The fourth-order valence-corrected chi connectivity index (χ4v) is 2.91. The first kappa shape index (κ1) is 11.7. The molecule has 0 atom stereocenters. The summed E-state index contributed by atoms with van der Waals surface area (Å²) in [6, 6.07) is 15.0. The maximum Gasteiger partial charge on any atom is 0.257 e. The van der Waals surface area contributed by atoms with Gasteiger partial charge in [0, 0.05) is 26.8 Å². The molecule has 94 valence electrons. The molecule has 0 unspecified atom stereocenters. The number of carbonyl (C=O) groups excluding carboxylic acids is 1. The molecule has 3 nitrogen and oxygen atoms in total. The maximum absolute atomic E-state index is 12.3. The zero-order valence-corrected chi connectivity index (χ0v) is 10.9. The molecule has 0 spiro atoms. The van der Waals surface area contributed by atoms with Crippen LogP contribution in [0.2, 0.25) is 0 Å². The van der Waals surface area contributed by atoms with Crippen molar-refractivity contribution < 1.29 is 4.79 Å². The lowest BCUT2D eigenvalue weighted by Gasteiger charge is -2.05. The molecule has 0 radical (unpaired) electrons. The first-order valence-electron chi connectivity index (χ1n) is 5.87. The smallest absolute Gasteiger partial charge is 0.257 e. The zero-order chi connectivity index (χ0) is 13.2. The minimum Gasteiger partial charge on any atom is -0.399 e. The van der Waals surface area contributed by atoms with Crippen LogP contribution in [0.5, 0.6) is 0 Å². The Hall–Kier alpha value is -2.33. The monoisotopic (exact) mass is 268 g/mol. The number of hydrogen-bond acceptors (Lipinski definition) is 3. The summed E-state index contributed by atoms with van der Waals surface area (Å²) >= 11 is 1.57. The van der Waals surface area contributed by atoms with E-state index in [-0.39, 0.29) is 5.91 Å². The molecule has 3 N–H and O–H groups in total. The van der Waals surface area contributed by atoms with Gasteiger partial charge in [0.1, 0.15) is 0 Å². The summed E-state index contributed by atoms with van der Waals surface area (Å²) in [6.07, 6.45) is 0. The highest BCUT2D eigenvalue weighted by atomic mass is 32.1. The molecule has 0 aliphatic heterocycles. The fraction of sp³-hybridized carbons (Fsp3) is 0. The second kappa shape index (κ2) is 4.74. The third-order valence-electron chi connectivity index (χ3n) is 2.87. The predicted octanol–water partition coefficient (Wildman–Crippen LogP) is 3.74. The highest BCUT2D eigenvalue weighted by Crippen LogP contribution is 2.26. The summed E-state index contributed by atoms with van der Waals surface area (Å²) in [5.41, 5.74) is 7.73. The van der Waals surface area contributed by atoms with Gasteiger partial charge in [-0.05, 0) is 24.3 Å². The average molecular weight is 268 g/mol. The number of rotatable bonds is 2. The highest BCUT2D eigenvalue weighted by molar-refractivity contribution is 7.17. The molecule has 19 heavy (non-hydrogen) atoms. The Balaban J connectivity index is 1.92. The summed E-state index contributed by atoms with van der Waals surface area (Å²) in [5.74, 6) is -0.108. The van der Waals surface area contributed by atoms with Crippen LogP contribution in [-0.2, 0) is 0 Å². The van der Waals surface area contributed by atoms with Crippen molar-refractivity contribution in [3.63, 3.8) is 0 Å². The number of thiophene rings is 1. The van der Waals surface area contributed by atoms with E-state index in [1.807, 2.05) is 41.8 Å². The van der Waals surface area contributed by atoms with Gasteiger partial charge < -0.3 is 11.1 Å². The minimum absolute atomic E-state index is 0.108. The summed E-state index contributed by atoms with van der Waals surface area (Å²) in [5, 5.41) is 5.73. The van der Waals surface area contributed by atoms with Crippen LogP contribution >= 0.6 is 11.3 Å². The Morgan fingerprint density at radius 1 is 1.11 bits per heavy atom. The fourth-order valence-electron chi connectivity index (χ4n) is 1.97. The summed E-state index contributed by atoms with van der Waals surface area (Å²) < 4.78 is 1.11. The largest absolute Gasteiger partial charge is 0.399 e. The number of hydrogen-bond donors (Lipinski definition) is 2. The first-order valence-corrected chi connectivity index (χ1v) is 6.75. The van der Waals surface area contributed by atoms with Gasteiger partial charge in [-0.2, -0.15) is 0 Å². The lowest BCUT2D eigenvalue weighted by molar-refractivity contribution is 0.102. The second-order valence-corrected chi connectivity index (χ2v) is 5.14. The molecule has 0 bridgehead atoms. The van der Waals surface area contributed by atoms with Gasteiger partial charge in [-0.25, -0.2) is 0 Å². The van der Waals surface area contributed by atoms with E-state index in [1.165, 1.54) is 0 Å². The molecule has 3 aromatic rings. The number of anilines is 2. The third-order valence-corrected chi connectivity index (χ3v) is 3.83. The van der Waals surface area contributed by atoms with Crippen molar-refractivity contribution >= 4 is 38.7 Å². The van der Waals surface area contributed by atoms with Crippen molar-refractivity contribution in [1.82, 2.24) is 0 Å². The molecule has 0 saturated carbocycles. The molecule has 0 aliphatic rings. The summed E-state index contributed by atoms with van der Waals surface area (Å²) in [6.45, 7) is 0. The molecule has 3 rings (SSSR count). The van der Waals surface area contributed by atoms with Crippen LogP contribution < -0.4 is 11.1 Å². The second-order valence-electron chi connectivity index (χ2n) is 4.23. The molecule has 1 aromatic heterocycles. The molecular weight excluding hydrogens is 256 g/mol. The van der Waals surface area contributed by atoms with Gasteiger partial charge in [0.25, 0.3) is 5.91 Å². The first-order chi connectivity index (χ1) is 9.24. The topological polar surface area (TPSA) is 55.1 Å². The molecule has 4 heteroatoms. The standard InChI is InChI=1S/C15H12N2OS/c16-10-4-3-5-11(8-10)17-15(18)13-9-19-14-7-2-1-6-12(13)14/h1-9H,16H2,(H,17,18). The van der Waals surface area contributed by atoms with Gasteiger partial charge in [-0.1, -0.05) is 24.3 Å². The van der Waals surface area contributed by atoms with Crippen molar-refractivity contribution in [2.45, 2.75) is 0 Å². The molecule has 0 saturated heterocycles. The van der Waals surface area contributed by atoms with Crippen molar-refractivity contribution in [2.75, 3.05) is 11.1 Å². The van der Waals surface area contributed by atoms with Crippen LogP contribution in [0.3, 0.4) is 0 Å². The number of amides is 1. The predicted molar refractivity (Wildman–Crippen MR) is 80.6 cm³/mol. The Bertz CT molecular complexity index is 748. The zero-order valence-electron chi connectivity index (χ0n) is 10.1. The lowest BCUT2D eigenvalue weighted by atomic mass is 10.1. The van der Waals surface area contributed by atoms with Crippen molar-refractivity contribution in [3.05, 3.63) is 59.5 Å². The van der Waals surface area contributed by atoms with Gasteiger partial charge in [0.15, 0.2) is 0 Å². The SMILES string of the molecule is Nc1cccc(NC(=O)c2csc3ccccc23)c1. The van der Waals surface area contributed by atoms with Crippen LogP contribution in [0.1, 0.15) is 10.4 Å². The Labute approximate surface area is 114 Å².